The Morgan fingerprint density at radius 2 is 2.33 bits per heavy atom. The van der Waals surface area contributed by atoms with Crippen LogP contribution in [0.2, 0.25) is 0 Å². The lowest BCUT2D eigenvalue weighted by Gasteiger charge is -2.08. The number of terminal acetylenes is 1. The van der Waals surface area contributed by atoms with E-state index in [0.717, 1.165) is 25.7 Å². The van der Waals surface area contributed by atoms with Crippen LogP contribution in [0, 0.1) is 18.3 Å². The Bertz CT molecular complexity index is 123. The Kier molecular flexibility index (Phi) is 2.13. The summed E-state index contributed by atoms with van der Waals surface area (Å²) in [5, 5.41) is 9.22. The molecule has 0 spiro atoms. The summed E-state index contributed by atoms with van der Waals surface area (Å²) in [6.07, 6.45) is 8.96. The fourth-order valence-electron chi connectivity index (χ4n) is 1.41. The molecular weight excluding hydrogens is 112 g/mol. The molecule has 50 valence electrons. The van der Waals surface area contributed by atoms with E-state index >= 15 is 0 Å². The average molecular weight is 124 g/mol. The van der Waals surface area contributed by atoms with Crippen molar-refractivity contribution in [2.24, 2.45) is 5.92 Å². The highest BCUT2D eigenvalue weighted by Gasteiger charge is 2.23. The number of hydrogen-bond donors (Lipinski definition) is 1. The maximum absolute atomic E-state index is 9.22. The average Bonchev–Trinajstić information content (AvgIpc) is 2.18. The lowest BCUT2D eigenvalue weighted by molar-refractivity contribution is 0.135. The molecule has 1 nitrogen and oxygen atoms in total. The molecule has 0 radical (unpaired) electrons. The predicted octanol–water partition coefficient (Wildman–Crippen LogP) is 1.17. The van der Waals surface area contributed by atoms with E-state index in [1.807, 2.05) is 0 Å². The Balaban J connectivity index is 2.33. The monoisotopic (exact) mass is 124 g/mol. The van der Waals surface area contributed by atoms with E-state index < -0.39 is 0 Å². The Morgan fingerprint density at radius 3 is 2.78 bits per heavy atom. The summed E-state index contributed by atoms with van der Waals surface area (Å²) in [7, 11) is 0. The van der Waals surface area contributed by atoms with Gasteiger partial charge >= 0.3 is 0 Å². The minimum Gasteiger partial charge on any atom is -0.393 e. The summed E-state index contributed by atoms with van der Waals surface area (Å²) in [4.78, 5) is 0. The maximum atomic E-state index is 9.22. The molecule has 2 atom stereocenters. The van der Waals surface area contributed by atoms with Gasteiger partial charge in [0.2, 0.25) is 0 Å². The Labute approximate surface area is 56.1 Å². The highest BCUT2D eigenvalue weighted by atomic mass is 16.3. The van der Waals surface area contributed by atoms with Crippen molar-refractivity contribution < 1.29 is 5.11 Å². The van der Waals surface area contributed by atoms with Crippen molar-refractivity contribution in [1.29, 1.82) is 0 Å². The van der Waals surface area contributed by atoms with Crippen molar-refractivity contribution in [3.05, 3.63) is 0 Å². The van der Waals surface area contributed by atoms with Gasteiger partial charge in [0.15, 0.2) is 0 Å². The van der Waals surface area contributed by atoms with Crippen LogP contribution in [-0.2, 0) is 0 Å². The molecular formula is C8H12O. The van der Waals surface area contributed by atoms with Gasteiger partial charge in [-0.1, -0.05) is 6.42 Å². The van der Waals surface area contributed by atoms with Crippen LogP contribution >= 0.6 is 0 Å². The van der Waals surface area contributed by atoms with E-state index in [1.54, 1.807) is 0 Å². The summed E-state index contributed by atoms with van der Waals surface area (Å²) >= 11 is 0. The quantitative estimate of drug-likeness (QED) is 0.520. The molecule has 1 saturated carbocycles. The first-order chi connectivity index (χ1) is 4.34. The molecule has 1 rings (SSSR count). The maximum Gasteiger partial charge on any atom is 0.0577 e. The SMILES string of the molecule is C#CCC1CCCC1O. The molecule has 0 saturated heterocycles. The van der Waals surface area contributed by atoms with Crippen molar-refractivity contribution in [3.8, 4) is 12.3 Å². The van der Waals surface area contributed by atoms with Crippen molar-refractivity contribution in [2.75, 3.05) is 0 Å². The van der Waals surface area contributed by atoms with Crippen LogP contribution in [0.3, 0.4) is 0 Å². The summed E-state index contributed by atoms with van der Waals surface area (Å²) in [5.41, 5.74) is 0. The molecule has 0 aromatic carbocycles. The van der Waals surface area contributed by atoms with E-state index in [1.165, 1.54) is 0 Å². The fraction of sp³-hybridized carbons (Fsp3) is 0.750. The lowest BCUT2D eigenvalue weighted by atomic mass is 10.0. The summed E-state index contributed by atoms with van der Waals surface area (Å²) < 4.78 is 0. The first kappa shape index (κ1) is 6.64. The van der Waals surface area contributed by atoms with E-state index in [4.69, 9.17) is 6.42 Å². The van der Waals surface area contributed by atoms with E-state index in [2.05, 4.69) is 5.92 Å². The predicted molar refractivity (Wildman–Crippen MR) is 36.8 cm³/mol. The van der Waals surface area contributed by atoms with Crippen LogP contribution in [0.15, 0.2) is 0 Å². The zero-order valence-corrected chi connectivity index (χ0v) is 5.51. The number of aliphatic hydroxyl groups is 1. The Hall–Kier alpha value is -0.480. The molecule has 1 heteroatoms. The largest absolute Gasteiger partial charge is 0.393 e. The van der Waals surface area contributed by atoms with E-state index in [9.17, 15) is 5.11 Å². The normalized spacial score (nSPS) is 34.2. The van der Waals surface area contributed by atoms with Gasteiger partial charge in [0, 0.05) is 6.42 Å². The van der Waals surface area contributed by atoms with Crippen LogP contribution < -0.4 is 0 Å². The van der Waals surface area contributed by atoms with Gasteiger partial charge in [-0.05, 0) is 18.8 Å². The van der Waals surface area contributed by atoms with Crippen molar-refractivity contribution in [2.45, 2.75) is 31.8 Å². The van der Waals surface area contributed by atoms with Crippen molar-refractivity contribution in [3.63, 3.8) is 0 Å². The highest BCUT2D eigenvalue weighted by molar-refractivity contribution is 4.91. The second-order valence-electron chi connectivity index (χ2n) is 2.67. The molecule has 9 heavy (non-hydrogen) atoms. The molecule has 0 heterocycles. The molecule has 1 fully saturated rings. The highest BCUT2D eigenvalue weighted by Crippen LogP contribution is 2.27. The molecule has 0 aliphatic heterocycles. The number of rotatable bonds is 1. The van der Waals surface area contributed by atoms with Gasteiger partial charge in [0.1, 0.15) is 0 Å². The van der Waals surface area contributed by atoms with Gasteiger partial charge in [-0.25, -0.2) is 0 Å². The van der Waals surface area contributed by atoms with Gasteiger partial charge in [0.05, 0.1) is 6.10 Å². The molecule has 1 N–H and O–H groups in total. The number of hydrogen-bond acceptors (Lipinski definition) is 1. The number of aliphatic hydroxyl groups excluding tert-OH is 1. The molecule has 0 aromatic heterocycles. The minimum absolute atomic E-state index is 0.110. The smallest absolute Gasteiger partial charge is 0.0577 e. The van der Waals surface area contributed by atoms with Gasteiger partial charge in [0.25, 0.3) is 0 Å². The second-order valence-corrected chi connectivity index (χ2v) is 2.67. The standard InChI is InChI=1S/C8H12O/c1-2-4-7-5-3-6-8(7)9/h1,7-9H,3-6H2. The first-order valence-electron chi connectivity index (χ1n) is 3.46. The molecule has 0 bridgehead atoms. The zero-order chi connectivity index (χ0) is 6.69. The molecule has 0 aromatic rings. The fourth-order valence-corrected chi connectivity index (χ4v) is 1.41. The lowest BCUT2D eigenvalue weighted by Crippen LogP contribution is -2.11. The summed E-state index contributed by atoms with van der Waals surface area (Å²) in [5.74, 6) is 2.98. The van der Waals surface area contributed by atoms with E-state index in [0.29, 0.717) is 5.92 Å². The first-order valence-corrected chi connectivity index (χ1v) is 3.46. The molecule has 0 amide bonds. The zero-order valence-electron chi connectivity index (χ0n) is 5.51. The van der Waals surface area contributed by atoms with Crippen LogP contribution in [0.25, 0.3) is 0 Å². The van der Waals surface area contributed by atoms with Crippen LogP contribution in [-0.4, -0.2) is 11.2 Å². The van der Waals surface area contributed by atoms with Crippen LogP contribution in [0.5, 0.6) is 0 Å². The topological polar surface area (TPSA) is 20.2 Å². The molecule has 2 unspecified atom stereocenters. The van der Waals surface area contributed by atoms with Gasteiger partial charge < -0.3 is 5.11 Å². The summed E-state index contributed by atoms with van der Waals surface area (Å²) in [6.45, 7) is 0. The summed E-state index contributed by atoms with van der Waals surface area (Å²) in [6, 6.07) is 0. The minimum atomic E-state index is -0.110. The second kappa shape index (κ2) is 2.89. The van der Waals surface area contributed by atoms with Crippen LogP contribution in [0.1, 0.15) is 25.7 Å². The van der Waals surface area contributed by atoms with E-state index in [-0.39, 0.29) is 6.10 Å². The Morgan fingerprint density at radius 1 is 1.56 bits per heavy atom. The third-order valence-electron chi connectivity index (χ3n) is 2.00. The van der Waals surface area contributed by atoms with Crippen LogP contribution in [0.4, 0.5) is 0 Å². The van der Waals surface area contributed by atoms with Gasteiger partial charge in [-0.2, -0.15) is 0 Å². The van der Waals surface area contributed by atoms with Crippen molar-refractivity contribution in [1.82, 2.24) is 0 Å². The third kappa shape index (κ3) is 1.46. The van der Waals surface area contributed by atoms with Gasteiger partial charge in [-0.15, -0.1) is 12.3 Å². The molecule has 1 aliphatic carbocycles. The third-order valence-corrected chi connectivity index (χ3v) is 2.00. The molecule has 1 aliphatic rings. The van der Waals surface area contributed by atoms with Crippen molar-refractivity contribution >= 4 is 0 Å². The van der Waals surface area contributed by atoms with Gasteiger partial charge in [-0.3, -0.25) is 0 Å².